The lowest BCUT2D eigenvalue weighted by Crippen LogP contribution is -2.39. The molecule has 116 valence electrons. The van der Waals surface area contributed by atoms with Crippen molar-refractivity contribution < 1.29 is 0 Å². The molecule has 0 spiro atoms. The lowest BCUT2D eigenvalue weighted by Gasteiger charge is -2.11. The summed E-state index contributed by atoms with van der Waals surface area (Å²) in [7, 11) is 1.82. The summed E-state index contributed by atoms with van der Waals surface area (Å²) >= 11 is 7.85. The van der Waals surface area contributed by atoms with Crippen LogP contribution < -0.4 is 10.6 Å². The maximum absolute atomic E-state index is 6.06. The lowest BCUT2D eigenvalue weighted by molar-refractivity contribution is 0.783. The van der Waals surface area contributed by atoms with Crippen LogP contribution in [0.5, 0.6) is 0 Å². The number of hydrogen-bond donors (Lipinski definition) is 2. The maximum Gasteiger partial charge on any atom is 0.191 e. The van der Waals surface area contributed by atoms with E-state index >= 15 is 0 Å². The fourth-order valence-electron chi connectivity index (χ4n) is 2.59. The summed E-state index contributed by atoms with van der Waals surface area (Å²) in [6.45, 7) is 0.898. The Hall–Kier alpha value is -1.52. The molecule has 1 heterocycles. The monoisotopic (exact) mass is 333 g/mol. The zero-order valence-electron chi connectivity index (χ0n) is 12.6. The second-order valence-electron chi connectivity index (χ2n) is 5.48. The number of nitrogens with one attached hydrogen (secondary N) is 2. The Bertz CT molecular complexity index is 639. The van der Waals surface area contributed by atoms with Gasteiger partial charge in [0.1, 0.15) is 0 Å². The Morgan fingerprint density at radius 3 is 3.00 bits per heavy atom. The Balaban J connectivity index is 1.46. The van der Waals surface area contributed by atoms with Crippen LogP contribution in [0.4, 0.5) is 0 Å². The first-order valence-electron chi connectivity index (χ1n) is 7.51. The summed E-state index contributed by atoms with van der Waals surface area (Å²) in [6, 6.07) is 12.8. The predicted molar refractivity (Wildman–Crippen MR) is 95.1 cm³/mol. The minimum Gasteiger partial charge on any atom is -0.356 e. The van der Waals surface area contributed by atoms with Crippen LogP contribution >= 0.6 is 22.9 Å². The van der Waals surface area contributed by atoms with E-state index in [1.165, 1.54) is 10.4 Å². The summed E-state index contributed by atoms with van der Waals surface area (Å²) in [5.41, 5.74) is 1.30. The van der Waals surface area contributed by atoms with E-state index in [-0.39, 0.29) is 0 Å². The summed E-state index contributed by atoms with van der Waals surface area (Å²) in [5, 5.41) is 9.79. The predicted octanol–water partition coefficient (Wildman–Crippen LogP) is 3.67. The Morgan fingerprint density at radius 2 is 2.27 bits per heavy atom. The Morgan fingerprint density at radius 1 is 1.36 bits per heavy atom. The molecule has 1 aromatic heterocycles. The standard InChI is InChI=1S/C17H20ClN3S/c1-19-17(20-8-7-14-6-3-9-22-14)21-16-11-15(16)12-4-2-5-13(18)10-12/h2-6,9-10,15-16H,7-8,11H2,1H3,(H2,19,20,21). The fraction of sp³-hybridized carbons (Fsp3) is 0.353. The molecule has 3 nitrogen and oxygen atoms in total. The molecule has 0 aliphatic heterocycles. The van der Waals surface area contributed by atoms with Gasteiger partial charge in [0.25, 0.3) is 0 Å². The van der Waals surface area contributed by atoms with Crippen molar-refractivity contribution in [3.05, 3.63) is 57.2 Å². The number of thiophene rings is 1. The van der Waals surface area contributed by atoms with Crippen LogP contribution in [0, 0.1) is 0 Å². The van der Waals surface area contributed by atoms with Crippen molar-refractivity contribution in [3.63, 3.8) is 0 Å². The minimum atomic E-state index is 0.450. The molecule has 22 heavy (non-hydrogen) atoms. The van der Waals surface area contributed by atoms with Crippen LogP contribution in [0.1, 0.15) is 22.8 Å². The molecule has 1 aliphatic carbocycles. The van der Waals surface area contributed by atoms with Crippen LogP contribution in [0.2, 0.25) is 5.02 Å². The highest BCUT2D eigenvalue weighted by atomic mass is 35.5. The summed E-state index contributed by atoms with van der Waals surface area (Å²) < 4.78 is 0. The normalized spacial score (nSPS) is 20.7. The average molecular weight is 334 g/mol. The first-order valence-corrected chi connectivity index (χ1v) is 8.77. The molecule has 0 bridgehead atoms. The third-order valence-corrected chi connectivity index (χ3v) is 5.03. The number of rotatable bonds is 5. The van der Waals surface area contributed by atoms with Gasteiger partial charge in [0.2, 0.25) is 0 Å². The second-order valence-corrected chi connectivity index (χ2v) is 6.95. The van der Waals surface area contributed by atoms with Crippen molar-refractivity contribution in [2.45, 2.75) is 24.8 Å². The van der Waals surface area contributed by atoms with E-state index in [0.29, 0.717) is 12.0 Å². The fourth-order valence-corrected chi connectivity index (χ4v) is 3.50. The number of halogens is 1. The molecule has 5 heteroatoms. The van der Waals surface area contributed by atoms with Crippen molar-refractivity contribution in [1.29, 1.82) is 0 Å². The average Bonchev–Trinajstić information content (AvgIpc) is 3.09. The number of benzene rings is 1. The number of nitrogens with zero attached hydrogens (tertiary/aromatic N) is 1. The van der Waals surface area contributed by atoms with Crippen molar-refractivity contribution in [2.24, 2.45) is 4.99 Å². The summed E-state index contributed by atoms with van der Waals surface area (Å²) in [5.74, 6) is 1.42. The van der Waals surface area contributed by atoms with Crippen LogP contribution in [-0.2, 0) is 6.42 Å². The zero-order chi connectivity index (χ0) is 15.4. The molecule has 2 N–H and O–H groups in total. The third kappa shape index (κ3) is 4.02. The zero-order valence-corrected chi connectivity index (χ0v) is 14.1. The van der Waals surface area contributed by atoms with Gasteiger partial charge in [0.15, 0.2) is 5.96 Å². The number of hydrogen-bond acceptors (Lipinski definition) is 2. The van der Waals surface area contributed by atoms with Gasteiger partial charge >= 0.3 is 0 Å². The van der Waals surface area contributed by atoms with E-state index in [1.54, 1.807) is 11.3 Å². The lowest BCUT2D eigenvalue weighted by atomic mass is 10.1. The molecule has 0 saturated heterocycles. The molecular weight excluding hydrogens is 314 g/mol. The van der Waals surface area contributed by atoms with E-state index in [9.17, 15) is 0 Å². The summed E-state index contributed by atoms with van der Waals surface area (Å²) in [4.78, 5) is 5.70. The smallest absolute Gasteiger partial charge is 0.191 e. The van der Waals surface area contributed by atoms with Gasteiger partial charge < -0.3 is 10.6 Å². The molecule has 0 radical (unpaired) electrons. The van der Waals surface area contributed by atoms with Gasteiger partial charge in [-0.25, -0.2) is 0 Å². The highest BCUT2D eigenvalue weighted by Crippen LogP contribution is 2.41. The summed E-state index contributed by atoms with van der Waals surface area (Å²) in [6.07, 6.45) is 2.16. The van der Waals surface area contributed by atoms with Gasteiger partial charge in [-0.2, -0.15) is 0 Å². The highest BCUT2D eigenvalue weighted by molar-refractivity contribution is 7.09. The van der Waals surface area contributed by atoms with Crippen molar-refractivity contribution in [3.8, 4) is 0 Å². The van der Waals surface area contributed by atoms with Crippen molar-refractivity contribution in [2.75, 3.05) is 13.6 Å². The van der Waals surface area contributed by atoms with Crippen molar-refractivity contribution in [1.82, 2.24) is 10.6 Å². The van der Waals surface area contributed by atoms with Gasteiger partial charge in [-0.15, -0.1) is 11.3 Å². The first-order chi connectivity index (χ1) is 10.8. The molecule has 1 aromatic carbocycles. The minimum absolute atomic E-state index is 0.450. The van der Waals surface area contributed by atoms with E-state index in [0.717, 1.165) is 30.4 Å². The van der Waals surface area contributed by atoms with E-state index < -0.39 is 0 Å². The van der Waals surface area contributed by atoms with Crippen LogP contribution in [0.3, 0.4) is 0 Å². The SMILES string of the molecule is CN=C(NCCc1cccs1)NC1CC1c1cccc(Cl)c1. The topological polar surface area (TPSA) is 36.4 Å². The van der Waals surface area contributed by atoms with E-state index in [2.05, 4.69) is 45.3 Å². The third-order valence-electron chi connectivity index (χ3n) is 3.86. The van der Waals surface area contributed by atoms with Gasteiger partial charge in [-0.3, -0.25) is 4.99 Å². The quantitative estimate of drug-likeness (QED) is 0.647. The molecule has 0 amide bonds. The Kier molecular flexibility index (Phi) is 5.01. The largest absolute Gasteiger partial charge is 0.356 e. The molecule has 1 fully saturated rings. The van der Waals surface area contributed by atoms with Gasteiger partial charge in [0, 0.05) is 35.5 Å². The van der Waals surface area contributed by atoms with Gasteiger partial charge in [-0.05, 0) is 42.0 Å². The van der Waals surface area contributed by atoms with Gasteiger partial charge in [0.05, 0.1) is 0 Å². The van der Waals surface area contributed by atoms with E-state index in [4.69, 9.17) is 11.6 Å². The van der Waals surface area contributed by atoms with Crippen LogP contribution in [0.25, 0.3) is 0 Å². The highest BCUT2D eigenvalue weighted by Gasteiger charge is 2.39. The van der Waals surface area contributed by atoms with Crippen molar-refractivity contribution >= 4 is 28.9 Å². The second kappa shape index (κ2) is 7.16. The molecule has 1 saturated carbocycles. The van der Waals surface area contributed by atoms with Crippen LogP contribution in [-0.4, -0.2) is 25.6 Å². The molecule has 2 unspecified atom stereocenters. The molecular formula is C17H20ClN3S. The first kappa shape index (κ1) is 15.4. The molecule has 2 atom stereocenters. The van der Waals surface area contributed by atoms with Crippen LogP contribution in [0.15, 0.2) is 46.8 Å². The Labute approximate surface area is 140 Å². The number of guanidine groups is 1. The molecule has 3 rings (SSSR count). The maximum atomic E-state index is 6.06. The number of aliphatic imine (C=N–C) groups is 1. The molecule has 2 aromatic rings. The van der Waals surface area contributed by atoms with Gasteiger partial charge in [-0.1, -0.05) is 29.8 Å². The van der Waals surface area contributed by atoms with E-state index in [1.807, 2.05) is 19.2 Å². The molecule has 1 aliphatic rings.